The zero-order chi connectivity index (χ0) is 29.0. The molecule has 0 saturated heterocycles. The molecule has 2 N–H and O–H groups in total. The van der Waals surface area contributed by atoms with Crippen LogP contribution in [0.15, 0.2) is 107 Å². The quantitative estimate of drug-likeness (QED) is 0.247. The molecule has 0 radical (unpaired) electrons. The van der Waals surface area contributed by atoms with E-state index in [1.165, 1.54) is 11.1 Å². The number of hydrogen-bond acceptors (Lipinski definition) is 6. The fourth-order valence-electron chi connectivity index (χ4n) is 4.91. The summed E-state index contributed by atoms with van der Waals surface area (Å²) in [6.45, 7) is 4.60. The fraction of sp³-hybridized carbons (Fsp3) is 0.188. The number of rotatable bonds is 8. The molecule has 0 bridgehead atoms. The normalized spacial score (nSPS) is 14.9. The van der Waals surface area contributed by atoms with Crippen molar-refractivity contribution in [2.24, 2.45) is 5.10 Å². The van der Waals surface area contributed by atoms with Gasteiger partial charge in [-0.25, -0.2) is 8.42 Å². The monoisotopic (exact) mass is 584 g/mol. The van der Waals surface area contributed by atoms with Gasteiger partial charge in [-0.1, -0.05) is 66.2 Å². The van der Waals surface area contributed by atoms with Gasteiger partial charge in [-0.15, -0.1) is 0 Å². The Morgan fingerprint density at radius 2 is 1.68 bits per heavy atom. The Morgan fingerprint density at radius 3 is 2.34 bits per heavy atom. The van der Waals surface area contributed by atoms with Gasteiger partial charge in [0.25, 0.3) is 10.0 Å². The predicted octanol–water partition coefficient (Wildman–Crippen LogP) is 6.02. The minimum absolute atomic E-state index is 0.0414. The van der Waals surface area contributed by atoms with Gasteiger partial charge in [0.1, 0.15) is 5.75 Å². The number of hydrazone groups is 1. The molecule has 210 valence electrons. The van der Waals surface area contributed by atoms with Crippen LogP contribution < -0.4 is 19.8 Å². The molecule has 7 nitrogen and oxygen atoms in total. The lowest BCUT2D eigenvalue weighted by Gasteiger charge is -2.24. The van der Waals surface area contributed by atoms with Gasteiger partial charge in [0.2, 0.25) is 0 Å². The van der Waals surface area contributed by atoms with Crippen molar-refractivity contribution in [2.45, 2.75) is 37.8 Å². The molecule has 5 rings (SSSR count). The second-order valence-electron chi connectivity index (χ2n) is 9.97. The highest BCUT2D eigenvalue weighted by atomic mass is 32.2. The van der Waals surface area contributed by atoms with Crippen LogP contribution in [0.4, 0.5) is 5.69 Å². The van der Waals surface area contributed by atoms with Crippen LogP contribution in [0.5, 0.6) is 5.75 Å². The lowest BCUT2D eigenvalue weighted by atomic mass is 9.95. The maximum absolute atomic E-state index is 13.0. The molecule has 0 spiro atoms. The minimum Gasteiger partial charge on any atom is -0.497 e. The zero-order valence-electron chi connectivity index (χ0n) is 23.2. The van der Waals surface area contributed by atoms with Gasteiger partial charge >= 0.3 is 0 Å². The molecule has 0 saturated carbocycles. The third-order valence-electron chi connectivity index (χ3n) is 7.04. The van der Waals surface area contributed by atoms with Crippen LogP contribution in [0.1, 0.15) is 40.3 Å². The number of sulfonamides is 1. The molecule has 0 fully saturated rings. The van der Waals surface area contributed by atoms with Gasteiger partial charge in [-0.3, -0.25) is 9.73 Å². The first-order valence-corrected chi connectivity index (χ1v) is 15.2. The number of anilines is 1. The van der Waals surface area contributed by atoms with Gasteiger partial charge in [0.05, 0.1) is 29.4 Å². The lowest BCUT2D eigenvalue weighted by Crippen LogP contribution is -2.38. The SMILES string of the molecule is COc1ccc(C2CC(c3ccc(C)cc3C)=NN2c2ccc(S(=O)(=O)NC(=S)NCc3ccccc3)cc2)cc1. The highest BCUT2D eigenvalue weighted by Gasteiger charge is 2.31. The van der Waals surface area contributed by atoms with E-state index in [2.05, 4.69) is 42.1 Å². The lowest BCUT2D eigenvalue weighted by molar-refractivity contribution is 0.414. The van der Waals surface area contributed by atoms with E-state index in [9.17, 15) is 8.42 Å². The van der Waals surface area contributed by atoms with Crippen molar-refractivity contribution in [3.05, 3.63) is 125 Å². The number of nitrogens with zero attached hydrogens (tertiary/aromatic N) is 2. The molecule has 1 atom stereocenters. The molecule has 0 aromatic heterocycles. The van der Waals surface area contributed by atoms with E-state index >= 15 is 0 Å². The molecule has 1 aliphatic heterocycles. The molecule has 1 aliphatic rings. The van der Waals surface area contributed by atoms with E-state index in [0.29, 0.717) is 13.0 Å². The number of thiocarbonyl (C=S) groups is 1. The second-order valence-corrected chi connectivity index (χ2v) is 12.1. The van der Waals surface area contributed by atoms with Crippen LogP contribution in [0.3, 0.4) is 0 Å². The fourth-order valence-corrected chi connectivity index (χ4v) is 6.24. The number of nitrogens with one attached hydrogen (secondary N) is 2. The van der Waals surface area contributed by atoms with Crippen molar-refractivity contribution in [2.75, 3.05) is 12.1 Å². The van der Waals surface area contributed by atoms with Crippen LogP contribution in [0.25, 0.3) is 0 Å². The first-order valence-electron chi connectivity index (χ1n) is 13.3. The van der Waals surface area contributed by atoms with Crippen molar-refractivity contribution in [1.82, 2.24) is 10.0 Å². The number of ether oxygens (including phenoxy) is 1. The summed E-state index contributed by atoms with van der Waals surface area (Å²) in [5.41, 5.74) is 7.33. The van der Waals surface area contributed by atoms with E-state index in [4.69, 9.17) is 22.1 Å². The highest BCUT2D eigenvalue weighted by molar-refractivity contribution is 7.91. The number of benzene rings is 4. The molecule has 9 heteroatoms. The first-order chi connectivity index (χ1) is 19.7. The number of methoxy groups -OCH3 is 1. The average Bonchev–Trinajstić information content (AvgIpc) is 3.42. The van der Waals surface area contributed by atoms with Gasteiger partial charge in [-0.2, -0.15) is 5.10 Å². The van der Waals surface area contributed by atoms with Gasteiger partial charge in [-0.05, 0) is 79.2 Å². The van der Waals surface area contributed by atoms with Crippen LogP contribution >= 0.6 is 12.2 Å². The Balaban J connectivity index is 1.38. The number of aryl methyl sites for hydroxylation is 2. The summed E-state index contributed by atoms with van der Waals surface area (Å²) in [6, 6.07) is 30.6. The Morgan fingerprint density at radius 1 is 0.976 bits per heavy atom. The molecule has 0 aliphatic carbocycles. The first kappa shape index (κ1) is 28.3. The van der Waals surface area contributed by atoms with Crippen LogP contribution in [0, 0.1) is 13.8 Å². The molecule has 1 heterocycles. The van der Waals surface area contributed by atoms with Crippen molar-refractivity contribution in [3.8, 4) is 5.75 Å². The largest absolute Gasteiger partial charge is 0.497 e. The molecular weight excluding hydrogens is 553 g/mol. The Kier molecular flexibility index (Phi) is 8.37. The van der Waals surface area contributed by atoms with Gasteiger partial charge < -0.3 is 10.1 Å². The Labute approximate surface area is 246 Å². The molecule has 41 heavy (non-hydrogen) atoms. The third kappa shape index (κ3) is 6.58. The van der Waals surface area contributed by atoms with E-state index in [1.54, 1.807) is 31.4 Å². The summed E-state index contributed by atoms with van der Waals surface area (Å²) < 4.78 is 33.9. The van der Waals surface area contributed by atoms with Crippen LogP contribution in [0.2, 0.25) is 0 Å². The van der Waals surface area contributed by atoms with Crippen LogP contribution in [-0.2, 0) is 16.6 Å². The van der Waals surface area contributed by atoms with Gasteiger partial charge in [0, 0.05) is 18.5 Å². The molecule has 4 aromatic carbocycles. The summed E-state index contributed by atoms with van der Waals surface area (Å²) >= 11 is 5.24. The average molecular weight is 585 g/mol. The standard InChI is InChI=1S/C32H32N4O3S2/c1-22-9-18-29(23(2)19-22)30-20-31(25-10-14-27(39-3)15-11-25)36(34-30)26-12-16-28(17-13-26)41(37,38)35-32(40)33-21-24-7-5-4-6-8-24/h4-19,31H,20-21H2,1-3H3,(H2,33,35,40). The van der Waals surface area contributed by atoms with Crippen molar-refractivity contribution in [3.63, 3.8) is 0 Å². The minimum atomic E-state index is -3.86. The Hall–Kier alpha value is -4.21. The van der Waals surface area contributed by atoms with Crippen LogP contribution in [-0.4, -0.2) is 26.4 Å². The van der Waals surface area contributed by atoms with Crippen molar-refractivity contribution in [1.29, 1.82) is 0 Å². The predicted molar refractivity (Wildman–Crippen MR) is 168 cm³/mol. The Bertz CT molecular complexity index is 1670. The topological polar surface area (TPSA) is 83.0 Å². The summed E-state index contributed by atoms with van der Waals surface area (Å²) in [4.78, 5) is 0.115. The van der Waals surface area contributed by atoms with Crippen molar-refractivity contribution < 1.29 is 13.2 Å². The maximum atomic E-state index is 13.0. The zero-order valence-corrected chi connectivity index (χ0v) is 24.8. The summed E-state index contributed by atoms with van der Waals surface area (Å²) in [5.74, 6) is 0.784. The second kappa shape index (κ2) is 12.1. The van der Waals surface area contributed by atoms with Crippen molar-refractivity contribution >= 4 is 38.8 Å². The molecule has 4 aromatic rings. The number of hydrogen-bond donors (Lipinski definition) is 2. The van der Waals surface area contributed by atoms with E-state index in [0.717, 1.165) is 33.8 Å². The smallest absolute Gasteiger partial charge is 0.263 e. The van der Waals surface area contributed by atoms with E-state index < -0.39 is 10.0 Å². The van der Waals surface area contributed by atoms with Gasteiger partial charge in [0.15, 0.2) is 5.11 Å². The summed E-state index contributed by atoms with van der Waals surface area (Å²) in [7, 11) is -2.22. The molecular formula is C32H32N4O3S2. The summed E-state index contributed by atoms with van der Waals surface area (Å²) in [6.07, 6.45) is 0.708. The highest BCUT2D eigenvalue weighted by Crippen LogP contribution is 2.38. The van der Waals surface area contributed by atoms with E-state index in [-0.39, 0.29) is 16.0 Å². The molecule has 1 unspecified atom stereocenters. The molecule has 0 amide bonds. The maximum Gasteiger partial charge on any atom is 0.263 e. The third-order valence-corrected chi connectivity index (χ3v) is 8.78. The summed E-state index contributed by atoms with van der Waals surface area (Å²) in [5, 5.41) is 9.99. The van der Waals surface area contributed by atoms with E-state index in [1.807, 2.05) is 59.6 Å².